The van der Waals surface area contributed by atoms with Gasteiger partial charge < -0.3 is 4.74 Å². The molecule has 1 aromatic carbocycles. The maximum Gasteiger partial charge on any atom is 0.159 e. The number of unbranched alkanes of at least 4 members (excludes halogenated alkanes) is 1. The van der Waals surface area contributed by atoms with Crippen LogP contribution in [0.1, 0.15) is 83.1 Å². The summed E-state index contributed by atoms with van der Waals surface area (Å²) in [6.07, 6.45) is 19.1. The molecule has 0 amide bonds. The molecule has 2 fully saturated rings. The van der Waals surface area contributed by atoms with Crippen LogP contribution in [-0.4, -0.2) is 6.10 Å². The van der Waals surface area contributed by atoms with Crippen LogP contribution in [0.3, 0.4) is 0 Å². The number of benzene rings is 1. The second kappa shape index (κ2) is 11.1. The van der Waals surface area contributed by atoms with Gasteiger partial charge in [-0.25, -0.2) is 8.78 Å². The molecule has 156 valence electrons. The molecular weight excluding hydrogens is 354 g/mol. The zero-order valence-electron chi connectivity index (χ0n) is 17.3. The number of halogens is 2. The van der Waals surface area contributed by atoms with Crippen molar-refractivity contribution in [2.45, 2.75) is 90.3 Å². The van der Waals surface area contributed by atoms with Gasteiger partial charge in [0.25, 0.3) is 0 Å². The molecule has 2 aliphatic rings. The Hall–Kier alpha value is -1.22. The predicted molar refractivity (Wildman–Crippen MR) is 111 cm³/mol. The van der Waals surface area contributed by atoms with Crippen molar-refractivity contribution in [3.8, 4) is 0 Å². The smallest absolute Gasteiger partial charge is 0.159 e. The van der Waals surface area contributed by atoms with Gasteiger partial charge in [0, 0.05) is 0 Å². The van der Waals surface area contributed by atoms with Gasteiger partial charge >= 0.3 is 0 Å². The molecule has 0 unspecified atom stereocenters. The largest absolute Gasteiger partial charge is 0.374 e. The van der Waals surface area contributed by atoms with Crippen molar-refractivity contribution in [3.63, 3.8) is 0 Å². The molecule has 0 aromatic heterocycles. The van der Waals surface area contributed by atoms with E-state index in [-0.39, 0.29) is 6.10 Å². The maximum absolute atomic E-state index is 13.3. The molecule has 3 heteroatoms. The molecule has 0 aliphatic heterocycles. The van der Waals surface area contributed by atoms with E-state index in [2.05, 4.69) is 19.1 Å². The summed E-state index contributed by atoms with van der Waals surface area (Å²) >= 11 is 0. The van der Waals surface area contributed by atoms with Gasteiger partial charge in [0.05, 0.1) is 12.7 Å². The van der Waals surface area contributed by atoms with Crippen LogP contribution >= 0.6 is 0 Å². The molecule has 0 atom stereocenters. The molecule has 2 aliphatic carbocycles. The Morgan fingerprint density at radius 2 is 1.61 bits per heavy atom. The van der Waals surface area contributed by atoms with Crippen LogP contribution in [0.4, 0.5) is 8.78 Å². The van der Waals surface area contributed by atoms with Gasteiger partial charge in [-0.15, -0.1) is 0 Å². The van der Waals surface area contributed by atoms with Crippen molar-refractivity contribution < 1.29 is 13.5 Å². The molecule has 0 radical (unpaired) electrons. The van der Waals surface area contributed by atoms with Crippen LogP contribution in [0.15, 0.2) is 30.4 Å². The fourth-order valence-corrected chi connectivity index (χ4v) is 5.21. The normalized spacial score (nSPS) is 28.7. The minimum absolute atomic E-state index is 0.271. The molecule has 1 aromatic rings. The van der Waals surface area contributed by atoms with E-state index in [4.69, 9.17) is 4.74 Å². The van der Waals surface area contributed by atoms with Crippen LogP contribution in [0.5, 0.6) is 0 Å². The maximum atomic E-state index is 13.3. The van der Waals surface area contributed by atoms with E-state index in [1.54, 1.807) is 6.07 Å². The number of ether oxygens (including phenoxy) is 1. The van der Waals surface area contributed by atoms with Crippen molar-refractivity contribution in [1.29, 1.82) is 0 Å². The van der Waals surface area contributed by atoms with E-state index in [1.165, 1.54) is 69.9 Å². The third kappa shape index (κ3) is 6.40. The van der Waals surface area contributed by atoms with Gasteiger partial charge in [-0.3, -0.25) is 0 Å². The topological polar surface area (TPSA) is 9.23 Å². The summed E-state index contributed by atoms with van der Waals surface area (Å²) in [7, 11) is 0. The summed E-state index contributed by atoms with van der Waals surface area (Å²) in [6.45, 7) is 2.48. The summed E-state index contributed by atoms with van der Waals surface area (Å²) in [5, 5.41) is 0. The van der Waals surface area contributed by atoms with E-state index in [0.717, 1.165) is 30.6 Å². The molecule has 0 saturated heterocycles. The Balaban J connectivity index is 1.32. The van der Waals surface area contributed by atoms with E-state index in [1.807, 2.05) is 0 Å². The van der Waals surface area contributed by atoms with Crippen LogP contribution in [0.25, 0.3) is 0 Å². The Morgan fingerprint density at radius 1 is 0.929 bits per heavy atom. The van der Waals surface area contributed by atoms with E-state index in [0.29, 0.717) is 12.2 Å². The quantitative estimate of drug-likeness (QED) is 0.328. The summed E-state index contributed by atoms with van der Waals surface area (Å²) < 4.78 is 32.3. The standard InChI is InChI=1S/C25H36F2O/c1-2-3-4-5-6-19-7-10-21(11-8-19)22-12-14-23(15-13-22)28-18-20-9-16-24(26)25(27)17-20/h2-3,9,16-17,19,21-23H,4-8,10-15,18H2,1H3/b3-2-/t19-,21-,22?,23?. The van der Waals surface area contributed by atoms with E-state index in [9.17, 15) is 8.78 Å². The van der Waals surface area contributed by atoms with E-state index >= 15 is 0 Å². The van der Waals surface area contributed by atoms with Crippen LogP contribution in [-0.2, 0) is 11.3 Å². The van der Waals surface area contributed by atoms with Crippen LogP contribution < -0.4 is 0 Å². The van der Waals surface area contributed by atoms with E-state index < -0.39 is 11.6 Å². The van der Waals surface area contributed by atoms with Gasteiger partial charge in [-0.2, -0.15) is 0 Å². The zero-order valence-corrected chi connectivity index (χ0v) is 17.3. The lowest BCUT2D eigenvalue weighted by atomic mass is 9.70. The summed E-state index contributed by atoms with van der Waals surface area (Å²) in [5.74, 6) is 1.15. The summed E-state index contributed by atoms with van der Waals surface area (Å²) in [6, 6.07) is 4.04. The first kappa shape index (κ1) is 21.5. The molecule has 1 nitrogen and oxygen atoms in total. The lowest BCUT2D eigenvalue weighted by Gasteiger charge is -2.37. The molecule has 0 spiro atoms. The Kier molecular flexibility index (Phi) is 8.51. The summed E-state index contributed by atoms with van der Waals surface area (Å²) in [4.78, 5) is 0. The average Bonchev–Trinajstić information content (AvgIpc) is 2.73. The van der Waals surface area contributed by atoms with Crippen molar-refractivity contribution in [3.05, 3.63) is 47.5 Å². The van der Waals surface area contributed by atoms with Gasteiger partial charge in [-0.05, 0) is 93.7 Å². The van der Waals surface area contributed by atoms with Crippen molar-refractivity contribution in [1.82, 2.24) is 0 Å². The highest BCUT2D eigenvalue weighted by Gasteiger charge is 2.31. The first-order chi connectivity index (χ1) is 13.7. The fourth-order valence-electron chi connectivity index (χ4n) is 5.21. The van der Waals surface area contributed by atoms with Gasteiger partial charge in [-0.1, -0.05) is 37.5 Å². The van der Waals surface area contributed by atoms with Gasteiger partial charge in [0.2, 0.25) is 0 Å². The lowest BCUT2D eigenvalue weighted by molar-refractivity contribution is -0.00296. The summed E-state index contributed by atoms with van der Waals surface area (Å²) in [5.41, 5.74) is 0.716. The minimum atomic E-state index is -0.795. The Morgan fingerprint density at radius 3 is 2.25 bits per heavy atom. The molecule has 28 heavy (non-hydrogen) atoms. The van der Waals surface area contributed by atoms with Crippen molar-refractivity contribution >= 4 is 0 Å². The third-order valence-corrected chi connectivity index (χ3v) is 6.97. The second-order valence-electron chi connectivity index (χ2n) is 8.88. The molecule has 0 heterocycles. The Labute approximate surface area is 169 Å². The van der Waals surface area contributed by atoms with Gasteiger partial charge in [0.15, 0.2) is 11.6 Å². The first-order valence-electron chi connectivity index (χ1n) is 11.3. The molecule has 0 N–H and O–H groups in total. The fraction of sp³-hybridized carbons (Fsp3) is 0.680. The monoisotopic (exact) mass is 390 g/mol. The second-order valence-corrected chi connectivity index (χ2v) is 8.88. The third-order valence-electron chi connectivity index (χ3n) is 6.97. The highest BCUT2D eigenvalue weighted by molar-refractivity contribution is 5.16. The number of hydrogen-bond donors (Lipinski definition) is 0. The number of allylic oxidation sites excluding steroid dienone is 2. The van der Waals surface area contributed by atoms with Crippen molar-refractivity contribution in [2.24, 2.45) is 17.8 Å². The molecule has 0 bridgehead atoms. The highest BCUT2D eigenvalue weighted by atomic mass is 19.2. The van der Waals surface area contributed by atoms with Gasteiger partial charge in [0.1, 0.15) is 0 Å². The predicted octanol–water partition coefficient (Wildman–Crippen LogP) is 7.59. The average molecular weight is 391 g/mol. The first-order valence-corrected chi connectivity index (χ1v) is 11.3. The number of rotatable bonds is 8. The highest BCUT2D eigenvalue weighted by Crippen LogP contribution is 2.41. The lowest BCUT2D eigenvalue weighted by Crippen LogP contribution is -2.28. The van der Waals surface area contributed by atoms with Crippen LogP contribution in [0.2, 0.25) is 0 Å². The SMILES string of the molecule is C/C=C\CCC[C@H]1CC[C@H](C2CCC(OCc3ccc(F)c(F)c3)CC2)CC1. The van der Waals surface area contributed by atoms with Crippen LogP contribution in [0, 0.1) is 29.4 Å². The molecular formula is C25H36F2O. The molecule has 3 rings (SSSR count). The molecule has 2 saturated carbocycles. The van der Waals surface area contributed by atoms with Crippen molar-refractivity contribution in [2.75, 3.05) is 0 Å². The zero-order chi connectivity index (χ0) is 19.8. The number of hydrogen-bond acceptors (Lipinski definition) is 1. The Bertz CT molecular complexity index is 611. The minimum Gasteiger partial charge on any atom is -0.374 e.